The minimum absolute atomic E-state index is 0.421. The van der Waals surface area contributed by atoms with Crippen molar-refractivity contribution < 1.29 is 0 Å². The summed E-state index contributed by atoms with van der Waals surface area (Å²) in [4.78, 5) is 7.84. The number of hydrogen-bond donors (Lipinski definition) is 1. The molecule has 5 heteroatoms. The Balaban J connectivity index is 2.18. The van der Waals surface area contributed by atoms with Crippen molar-refractivity contribution in [2.24, 2.45) is 0 Å². The molecule has 0 fully saturated rings. The molecule has 0 atom stereocenters. The Hall–Kier alpha value is -1.13. The summed E-state index contributed by atoms with van der Waals surface area (Å²) in [5.41, 5.74) is 0.952. The average Bonchev–Trinajstić information content (AvgIpc) is 2.22. The zero-order valence-electron chi connectivity index (χ0n) is 7.61. The lowest BCUT2D eigenvalue weighted by Crippen LogP contribution is -1.93. The number of nitrogens with zero attached hydrogens (tertiary/aromatic N) is 2. The van der Waals surface area contributed by atoms with Crippen molar-refractivity contribution in [1.29, 1.82) is 0 Å². The van der Waals surface area contributed by atoms with Crippen molar-refractivity contribution in [1.82, 2.24) is 9.97 Å². The summed E-state index contributed by atoms with van der Waals surface area (Å²) in [5.74, 6) is 0.678. The number of benzene rings is 1. The maximum Gasteiger partial charge on any atom is 0.135 e. The lowest BCUT2D eigenvalue weighted by molar-refractivity contribution is 1.17. The van der Waals surface area contributed by atoms with Crippen LogP contribution in [0.4, 0.5) is 11.5 Å². The number of nitrogens with one attached hydrogen (secondary N) is 1. The molecule has 0 saturated carbocycles. The van der Waals surface area contributed by atoms with E-state index in [1.807, 2.05) is 24.3 Å². The fourth-order valence-electron chi connectivity index (χ4n) is 1.08. The first-order valence-corrected chi connectivity index (χ1v) is 5.41. The van der Waals surface area contributed by atoms with Gasteiger partial charge in [-0.3, -0.25) is 0 Å². The smallest absolute Gasteiger partial charge is 0.135 e. The number of halogens is 2. The SMILES string of the molecule is Clc1cc(Nc2ccc(Br)cc2)ncn1. The van der Waals surface area contributed by atoms with Gasteiger partial charge in [0, 0.05) is 16.2 Å². The van der Waals surface area contributed by atoms with Gasteiger partial charge in [0.05, 0.1) is 0 Å². The lowest BCUT2D eigenvalue weighted by atomic mass is 10.3. The Morgan fingerprint density at radius 2 is 1.87 bits per heavy atom. The van der Waals surface area contributed by atoms with Gasteiger partial charge in [0.2, 0.25) is 0 Å². The van der Waals surface area contributed by atoms with E-state index in [2.05, 4.69) is 31.2 Å². The van der Waals surface area contributed by atoms with Crippen molar-refractivity contribution in [3.63, 3.8) is 0 Å². The minimum atomic E-state index is 0.421. The Bertz CT molecular complexity index is 458. The molecule has 2 aromatic rings. The third-order valence-electron chi connectivity index (χ3n) is 1.75. The molecule has 15 heavy (non-hydrogen) atoms. The first kappa shape index (κ1) is 10.4. The van der Waals surface area contributed by atoms with Crippen LogP contribution >= 0.6 is 27.5 Å². The van der Waals surface area contributed by atoms with Crippen molar-refractivity contribution in [2.75, 3.05) is 5.32 Å². The minimum Gasteiger partial charge on any atom is -0.340 e. The normalized spacial score (nSPS) is 10.0. The molecule has 0 amide bonds. The topological polar surface area (TPSA) is 37.8 Å². The van der Waals surface area contributed by atoms with Gasteiger partial charge in [0.1, 0.15) is 17.3 Å². The second kappa shape index (κ2) is 4.59. The highest BCUT2D eigenvalue weighted by molar-refractivity contribution is 9.10. The monoisotopic (exact) mass is 283 g/mol. The van der Waals surface area contributed by atoms with E-state index in [9.17, 15) is 0 Å². The van der Waals surface area contributed by atoms with Crippen LogP contribution in [-0.4, -0.2) is 9.97 Å². The molecule has 2 rings (SSSR count). The summed E-state index contributed by atoms with van der Waals surface area (Å²) in [6.07, 6.45) is 1.42. The zero-order chi connectivity index (χ0) is 10.7. The van der Waals surface area contributed by atoms with Crippen LogP contribution in [0.2, 0.25) is 5.15 Å². The zero-order valence-corrected chi connectivity index (χ0v) is 9.96. The molecule has 0 bridgehead atoms. The highest BCUT2D eigenvalue weighted by Crippen LogP contribution is 2.18. The number of rotatable bonds is 2. The Kier molecular flexibility index (Phi) is 3.18. The van der Waals surface area contributed by atoms with Gasteiger partial charge in [-0.25, -0.2) is 9.97 Å². The summed E-state index contributed by atoms with van der Waals surface area (Å²) in [7, 11) is 0. The van der Waals surface area contributed by atoms with Crippen molar-refractivity contribution in [3.8, 4) is 0 Å². The molecule has 0 saturated heterocycles. The largest absolute Gasteiger partial charge is 0.340 e. The Morgan fingerprint density at radius 1 is 1.13 bits per heavy atom. The third kappa shape index (κ3) is 2.91. The molecule has 0 radical (unpaired) electrons. The van der Waals surface area contributed by atoms with Crippen LogP contribution < -0.4 is 5.32 Å². The van der Waals surface area contributed by atoms with E-state index in [4.69, 9.17) is 11.6 Å². The van der Waals surface area contributed by atoms with Gasteiger partial charge in [0.15, 0.2) is 0 Å². The van der Waals surface area contributed by atoms with E-state index in [-0.39, 0.29) is 0 Å². The maximum atomic E-state index is 5.74. The second-order valence-electron chi connectivity index (χ2n) is 2.86. The molecule has 0 aliphatic heterocycles. The van der Waals surface area contributed by atoms with E-state index < -0.39 is 0 Å². The predicted octanol–water partition coefficient (Wildman–Crippen LogP) is 3.64. The molecule has 3 nitrogen and oxygen atoms in total. The highest BCUT2D eigenvalue weighted by Gasteiger charge is 1.97. The maximum absolute atomic E-state index is 5.74. The van der Waals surface area contributed by atoms with Gasteiger partial charge in [-0.2, -0.15) is 0 Å². The molecule has 76 valence electrons. The van der Waals surface area contributed by atoms with E-state index in [0.717, 1.165) is 10.2 Å². The summed E-state index contributed by atoms with van der Waals surface area (Å²) in [6, 6.07) is 9.46. The standard InChI is InChI=1S/C10H7BrClN3/c11-7-1-3-8(4-2-7)15-10-5-9(12)13-6-14-10/h1-6H,(H,13,14,15). The Labute approximate surface area is 101 Å². The van der Waals surface area contributed by atoms with Crippen LogP contribution in [-0.2, 0) is 0 Å². The lowest BCUT2D eigenvalue weighted by Gasteiger charge is -2.04. The van der Waals surface area contributed by atoms with Gasteiger partial charge in [-0.1, -0.05) is 27.5 Å². The molecule has 1 heterocycles. The van der Waals surface area contributed by atoms with E-state index in [1.54, 1.807) is 6.07 Å². The van der Waals surface area contributed by atoms with Crippen LogP contribution in [0.15, 0.2) is 41.1 Å². The van der Waals surface area contributed by atoms with E-state index in [1.165, 1.54) is 6.33 Å². The molecule has 1 aromatic carbocycles. The van der Waals surface area contributed by atoms with Crippen LogP contribution in [0.25, 0.3) is 0 Å². The predicted molar refractivity (Wildman–Crippen MR) is 64.5 cm³/mol. The summed E-state index contributed by atoms with van der Waals surface area (Å²) >= 11 is 9.11. The van der Waals surface area contributed by atoms with E-state index in [0.29, 0.717) is 11.0 Å². The summed E-state index contributed by atoms with van der Waals surface area (Å²) in [6.45, 7) is 0. The molecule has 0 aliphatic carbocycles. The number of anilines is 2. The fraction of sp³-hybridized carbons (Fsp3) is 0. The number of aromatic nitrogens is 2. The van der Waals surface area contributed by atoms with Gasteiger partial charge >= 0.3 is 0 Å². The van der Waals surface area contributed by atoms with Crippen LogP contribution in [0, 0.1) is 0 Å². The molecular formula is C10H7BrClN3. The first-order valence-electron chi connectivity index (χ1n) is 4.24. The summed E-state index contributed by atoms with van der Waals surface area (Å²) in [5, 5.41) is 3.54. The molecule has 0 unspecified atom stereocenters. The van der Waals surface area contributed by atoms with Crippen LogP contribution in [0.1, 0.15) is 0 Å². The van der Waals surface area contributed by atoms with Crippen molar-refractivity contribution >= 4 is 39.0 Å². The first-order chi connectivity index (χ1) is 7.24. The van der Waals surface area contributed by atoms with Crippen LogP contribution in [0.5, 0.6) is 0 Å². The Morgan fingerprint density at radius 3 is 2.53 bits per heavy atom. The average molecular weight is 285 g/mol. The highest BCUT2D eigenvalue weighted by atomic mass is 79.9. The number of hydrogen-bond acceptors (Lipinski definition) is 3. The molecule has 0 aliphatic rings. The molecule has 1 aromatic heterocycles. The second-order valence-corrected chi connectivity index (χ2v) is 4.16. The summed E-state index contributed by atoms with van der Waals surface area (Å²) < 4.78 is 1.04. The quantitative estimate of drug-likeness (QED) is 0.856. The van der Waals surface area contributed by atoms with Gasteiger partial charge < -0.3 is 5.32 Å². The van der Waals surface area contributed by atoms with Gasteiger partial charge in [-0.15, -0.1) is 0 Å². The van der Waals surface area contributed by atoms with Gasteiger partial charge in [-0.05, 0) is 24.3 Å². The fourth-order valence-corrected chi connectivity index (χ4v) is 1.49. The van der Waals surface area contributed by atoms with Gasteiger partial charge in [0.25, 0.3) is 0 Å². The molecule has 0 spiro atoms. The van der Waals surface area contributed by atoms with Crippen LogP contribution in [0.3, 0.4) is 0 Å². The third-order valence-corrected chi connectivity index (χ3v) is 2.49. The van der Waals surface area contributed by atoms with Crippen molar-refractivity contribution in [3.05, 3.63) is 46.3 Å². The molecule has 1 N–H and O–H groups in total. The van der Waals surface area contributed by atoms with E-state index >= 15 is 0 Å². The molecular weight excluding hydrogens is 277 g/mol. The van der Waals surface area contributed by atoms with Crippen molar-refractivity contribution in [2.45, 2.75) is 0 Å².